The highest BCUT2D eigenvalue weighted by Gasteiger charge is 2.12. The SMILES string of the molecule is COc1ccc(CC(=O)Nc2cc(-c3nc4ccccc4o3)ccc2C)cc1. The van der Waals surface area contributed by atoms with Crippen LogP contribution in [0.2, 0.25) is 0 Å². The zero-order valence-corrected chi connectivity index (χ0v) is 15.7. The number of carbonyl (C=O) groups is 1. The number of anilines is 1. The van der Waals surface area contributed by atoms with E-state index in [9.17, 15) is 4.79 Å². The Morgan fingerprint density at radius 3 is 2.61 bits per heavy atom. The summed E-state index contributed by atoms with van der Waals surface area (Å²) in [6.45, 7) is 1.96. The lowest BCUT2D eigenvalue weighted by molar-refractivity contribution is -0.115. The smallest absolute Gasteiger partial charge is 0.228 e. The van der Waals surface area contributed by atoms with E-state index < -0.39 is 0 Å². The number of rotatable bonds is 5. The Morgan fingerprint density at radius 2 is 1.86 bits per heavy atom. The van der Waals surface area contributed by atoms with Crippen molar-refractivity contribution in [3.8, 4) is 17.2 Å². The zero-order valence-electron chi connectivity index (χ0n) is 15.7. The first-order valence-electron chi connectivity index (χ1n) is 9.02. The van der Waals surface area contributed by atoms with Crippen LogP contribution in [0, 0.1) is 6.92 Å². The van der Waals surface area contributed by atoms with E-state index in [0.29, 0.717) is 5.89 Å². The van der Waals surface area contributed by atoms with Gasteiger partial charge in [-0.25, -0.2) is 4.98 Å². The number of hydrogen-bond acceptors (Lipinski definition) is 4. The van der Waals surface area contributed by atoms with Gasteiger partial charge < -0.3 is 14.5 Å². The number of fused-ring (bicyclic) bond motifs is 1. The molecular weight excluding hydrogens is 352 g/mol. The van der Waals surface area contributed by atoms with Crippen molar-refractivity contribution >= 4 is 22.7 Å². The molecule has 0 spiro atoms. The van der Waals surface area contributed by atoms with E-state index >= 15 is 0 Å². The van der Waals surface area contributed by atoms with E-state index in [1.807, 2.05) is 73.7 Å². The average molecular weight is 372 g/mol. The highest BCUT2D eigenvalue weighted by Crippen LogP contribution is 2.28. The van der Waals surface area contributed by atoms with E-state index in [1.54, 1.807) is 7.11 Å². The fourth-order valence-electron chi connectivity index (χ4n) is 3.01. The van der Waals surface area contributed by atoms with Crippen molar-refractivity contribution in [3.05, 3.63) is 77.9 Å². The summed E-state index contributed by atoms with van der Waals surface area (Å²) in [6.07, 6.45) is 0.288. The van der Waals surface area contributed by atoms with Gasteiger partial charge in [-0.2, -0.15) is 0 Å². The number of methoxy groups -OCH3 is 1. The van der Waals surface area contributed by atoms with Crippen LogP contribution in [-0.4, -0.2) is 18.0 Å². The molecule has 0 aliphatic carbocycles. The summed E-state index contributed by atoms with van der Waals surface area (Å²) in [5.74, 6) is 1.22. The van der Waals surface area contributed by atoms with Gasteiger partial charge in [-0.05, 0) is 54.4 Å². The molecule has 1 heterocycles. The Kier molecular flexibility index (Phi) is 4.81. The maximum absolute atomic E-state index is 12.5. The number of ether oxygens (including phenoxy) is 1. The molecule has 0 unspecified atom stereocenters. The molecule has 0 saturated carbocycles. The standard InChI is InChI=1S/C23H20N2O3/c1-15-7-10-17(23-25-19-5-3-4-6-21(19)28-23)14-20(15)24-22(26)13-16-8-11-18(27-2)12-9-16/h3-12,14H,13H2,1-2H3,(H,24,26). The van der Waals surface area contributed by atoms with Gasteiger partial charge in [-0.1, -0.05) is 30.3 Å². The normalized spacial score (nSPS) is 10.8. The Bertz CT molecular complexity index is 1100. The summed E-state index contributed by atoms with van der Waals surface area (Å²) >= 11 is 0. The number of aryl methyl sites for hydroxylation is 1. The van der Waals surface area contributed by atoms with Gasteiger partial charge >= 0.3 is 0 Å². The third-order valence-electron chi connectivity index (χ3n) is 4.58. The predicted octanol–water partition coefficient (Wildman–Crippen LogP) is 4.99. The zero-order chi connectivity index (χ0) is 19.5. The van der Waals surface area contributed by atoms with Gasteiger partial charge in [0.15, 0.2) is 5.58 Å². The summed E-state index contributed by atoms with van der Waals surface area (Å²) in [5, 5.41) is 2.99. The van der Waals surface area contributed by atoms with Crippen molar-refractivity contribution < 1.29 is 13.9 Å². The van der Waals surface area contributed by atoms with Crippen molar-refractivity contribution in [2.75, 3.05) is 12.4 Å². The number of aromatic nitrogens is 1. The number of amides is 1. The minimum Gasteiger partial charge on any atom is -0.497 e. The molecule has 5 nitrogen and oxygen atoms in total. The van der Waals surface area contributed by atoms with Gasteiger partial charge in [0.1, 0.15) is 11.3 Å². The minimum atomic E-state index is -0.0806. The molecule has 1 aromatic heterocycles. The van der Waals surface area contributed by atoms with Gasteiger partial charge in [-0.15, -0.1) is 0 Å². The highest BCUT2D eigenvalue weighted by atomic mass is 16.5. The summed E-state index contributed by atoms with van der Waals surface area (Å²) in [6, 6.07) is 20.9. The van der Waals surface area contributed by atoms with E-state index in [4.69, 9.17) is 9.15 Å². The van der Waals surface area contributed by atoms with Crippen LogP contribution in [-0.2, 0) is 11.2 Å². The van der Waals surface area contributed by atoms with Crippen LogP contribution < -0.4 is 10.1 Å². The molecule has 1 amide bonds. The van der Waals surface area contributed by atoms with Crippen LogP contribution in [0.25, 0.3) is 22.6 Å². The van der Waals surface area contributed by atoms with E-state index in [0.717, 1.165) is 39.2 Å². The molecule has 3 aromatic carbocycles. The minimum absolute atomic E-state index is 0.0806. The van der Waals surface area contributed by atoms with Gasteiger partial charge in [0, 0.05) is 11.3 Å². The van der Waals surface area contributed by atoms with Crippen LogP contribution in [0.1, 0.15) is 11.1 Å². The predicted molar refractivity (Wildman–Crippen MR) is 110 cm³/mol. The fraction of sp³-hybridized carbons (Fsp3) is 0.130. The number of nitrogens with zero attached hydrogens (tertiary/aromatic N) is 1. The van der Waals surface area contributed by atoms with E-state index in [2.05, 4.69) is 10.3 Å². The fourth-order valence-corrected chi connectivity index (χ4v) is 3.01. The van der Waals surface area contributed by atoms with E-state index in [-0.39, 0.29) is 12.3 Å². The van der Waals surface area contributed by atoms with Gasteiger partial charge in [0.25, 0.3) is 0 Å². The van der Waals surface area contributed by atoms with E-state index in [1.165, 1.54) is 0 Å². The van der Waals surface area contributed by atoms with Crippen LogP contribution in [0.5, 0.6) is 5.75 Å². The second-order valence-corrected chi connectivity index (χ2v) is 6.59. The lowest BCUT2D eigenvalue weighted by Gasteiger charge is -2.10. The molecule has 0 fully saturated rings. The summed E-state index contributed by atoms with van der Waals surface area (Å²) in [5.41, 5.74) is 5.01. The molecule has 4 rings (SSSR count). The third kappa shape index (κ3) is 3.74. The second-order valence-electron chi connectivity index (χ2n) is 6.59. The number of benzene rings is 3. The maximum Gasteiger partial charge on any atom is 0.228 e. The summed E-state index contributed by atoms with van der Waals surface area (Å²) in [7, 11) is 1.62. The first-order valence-corrected chi connectivity index (χ1v) is 9.02. The molecule has 28 heavy (non-hydrogen) atoms. The topological polar surface area (TPSA) is 64.4 Å². The Balaban J connectivity index is 1.54. The number of nitrogens with one attached hydrogen (secondary N) is 1. The molecule has 4 aromatic rings. The van der Waals surface area contributed by atoms with Crippen molar-refractivity contribution in [3.63, 3.8) is 0 Å². The van der Waals surface area contributed by atoms with Crippen LogP contribution in [0.4, 0.5) is 5.69 Å². The summed E-state index contributed by atoms with van der Waals surface area (Å²) in [4.78, 5) is 17.0. The van der Waals surface area contributed by atoms with Gasteiger partial charge in [-0.3, -0.25) is 4.79 Å². The molecule has 0 aliphatic rings. The lowest BCUT2D eigenvalue weighted by atomic mass is 10.1. The van der Waals surface area contributed by atoms with Crippen LogP contribution in [0.3, 0.4) is 0 Å². The Morgan fingerprint density at radius 1 is 1.07 bits per heavy atom. The lowest BCUT2D eigenvalue weighted by Crippen LogP contribution is -2.15. The monoisotopic (exact) mass is 372 g/mol. The molecule has 0 aliphatic heterocycles. The quantitative estimate of drug-likeness (QED) is 0.536. The molecule has 5 heteroatoms. The van der Waals surface area contributed by atoms with Crippen molar-refractivity contribution in [1.29, 1.82) is 0 Å². The third-order valence-corrected chi connectivity index (χ3v) is 4.58. The molecule has 0 bridgehead atoms. The van der Waals surface area contributed by atoms with Crippen molar-refractivity contribution in [2.24, 2.45) is 0 Å². The van der Waals surface area contributed by atoms with Crippen LogP contribution in [0.15, 0.2) is 71.1 Å². The van der Waals surface area contributed by atoms with Gasteiger partial charge in [0.2, 0.25) is 11.8 Å². The number of hydrogen-bond donors (Lipinski definition) is 1. The Labute approximate surface area is 163 Å². The van der Waals surface area contributed by atoms with Gasteiger partial charge in [0.05, 0.1) is 13.5 Å². The van der Waals surface area contributed by atoms with Crippen molar-refractivity contribution in [1.82, 2.24) is 4.98 Å². The van der Waals surface area contributed by atoms with Crippen LogP contribution >= 0.6 is 0 Å². The first kappa shape index (κ1) is 17.8. The maximum atomic E-state index is 12.5. The number of carbonyl (C=O) groups excluding carboxylic acids is 1. The average Bonchev–Trinajstić information content (AvgIpc) is 3.14. The Hall–Kier alpha value is -3.60. The number of para-hydroxylation sites is 2. The number of oxazole rings is 1. The molecule has 0 saturated heterocycles. The molecule has 0 atom stereocenters. The van der Waals surface area contributed by atoms with Crippen molar-refractivity contribution in [2.45, 2.75) is 13.3 Å². The molecule has 140 valence electrons. The first-order chi connectivity index (χ1) is 13.6. The highest BCUT2D eigenvalue weighted by molar-refractivity contribution is 5.93. The molecule has 0 radical (unpaired) electrons. The largest absolute Gasteiger partial charge is 0.497 e. The molecule has 1 N–H and O–H groups in total. The second kappa shape index (κ2) is 7.56. The summed E-state index contributed by atoms with van der Waals surface area (Å²) < 4.78 is 11.0. The molecular formula is C23H20N2O3.